The molecule has 0 bridgehead atoms. The van der Waals surface area contributed by atoms with Crippen LogP contribution in [-0.4, -0.2) is 17.7 Å². The molecule has 3 amide bonds. The van der Waals surface area contributed by atoms with Gasteiger partial charge >= 0.3 is 0 Å². The minimum atomic E-state index is -0.316. The van der Waals surface area contributed by atoms with Crippen molar-refractivity contribution in [3.63, 3.8) is 0 Å². The number of imide groups is 1. The molecule has 1 fully saturated rings. The van der Waals surface area contributed by atoms with Crippen LogP contribution >= 0.6 is 34.2 Å². The molecule has 0 aromatic heterocycles. The summed E-state index contributed by atoms with van der Waals surface area (Å²) in [6.45, 7) is 0. The van der Waals surface area contributed by atoms with Gasteiger partial charge in [0, 0.05) is 22.0 Å². The maximum absolute atomic E-state index is 12.3. The van der Waals surface area contributed by atoms with Crippen LogP contribution < -0.4 is 10.2 Å². The molecule has 0 spiro atoms. The molecule has 0 aliphatic carbocycles. The predicted octanol–water partition coefficient (Wildman–Crippen LogP) is 3.85. The van der Waals surface area contributed by atoms with Gasteiger partial charge in [0.2, 0.25) is 11.8 Å². The highest BCUT2D eigenvalue weighted by atomic mass is 127. The molecule has 0 radical (unpaired) electrons. The molecular weight excluding hydrogens is 443 g/mol. The number of halogens is 2. The van der Waals surface area contributed by atoms with Crippen molar-refractivity contribution in [2.45, 2.75) is 12.8 Å². The van der Waals surface area contributed by atoms with E-state index in [0.29, 0.717) is 22.0 Å². The van der Waals surface area contributed by atoms with Gasteiger partial charge in [0.1, 0.15) is 0 Å². The van der Waals surface area contributed by atoms with E-state index in [-0.39, 0.29) is 30.6 Å². The van der Waals surface area contributed by atoms with Crippen molar-refractivity contribution >= 4 is 63.3 Å². The zero-order valence-corrected chi connectivity index (χ0v) is 15.3. The van der Waals surface area contributed by atoms with Crippen molar-refractivity contribution in [2.24, 2.45) is 0 Å². The second kappa shape index (κ2) is 6.90. The Morgan fingerprint density at radius 1 is 1.04 bits per heavy atom. The smallest absolute Gasteiger partial charge is 0.255 e. The monoisotopic (exact) mass is 454 g/mol. The Bertz CT molecular complexity index is 820. The molecule has 5 nitrogen and oxygen atoms in total. The summed E-state index contributed by atoms with van der Waals surface area (Å²) >= 11 is 8.24. The zero-order valence-electron chi connectivity index (χ0n) is 12.4. The van der Waals surface area contributed by atoms with Crippen LogP contribution in [-0.2, 0) is 9.59 Å². The number of nitrogens with one attached hydrogen (secondary N) is 1. The Morgan fingerprint density at radius 2 is 1.67 bits per heavy atom. The van der Waals surface area contributed by atoms with Gasteiger partial charge in [0.05, 0.1) is 16.4 Å². The fourth-order valence-electron chi connectivity index (χ4n) is 2.41. The molecule has 1 N–H and O–H groups in total. The van der Waals surface area contributed by atoms with Gasteiger partial charge in [-0.2, -0.15) is 0 Å². The van der Waals surface area contributed by atoms with Gasteiger partial charge in [0.15, 0.2) is 0 Å². The molecule has 0 saturated carbocycles. The van der Waals surface area contributed by atoms with Gasteiger partial charge in [0.25, 0.3) is 5.91 Å². The van der Waals surface area contributed by atoms with Crippen molar-refractivity contribution in [3.8, 4) is 0 Å². The summed E-state index contributed by atoms with van der Waals surface area (Å²) in [5.74, 6) is -0.755. The van der Waals surface area contributed by atoms with Crippen LogP contribution in [0.15, 0.2) is 42.5 Å². The Labute approximate surface area is 157 Å². The molecule has 1 aliphatic rings. The Morgan fingerprint density at radius 3 is 2.25 bits per heavy atom. The Hall–Kier alpha value is -1.93. The maximum Gasteiger partial charge on any atom is 0.255 e. The molecule has 0 unspecified atom stereocenters. The van der Waals surface area contributed by atoms with Crippen LogP contribution in [0.1, 0.15) is 23.2 Å². The van der Waals surface area contributed by atoms with Gasteiger partial charge in [-0.1, -0.05) is 11.6 Å². The number of carbonyl (C=O) groups is 3. The van der Waals surface area contributed by atoms with Crippen LogP contribution in [0.3, 0.4) is 0 Å². The molecule has 1 saturated heterocycles. The van der Waals surface area contributed by atoms with Gasteiger partial charge in [-0.15, -0.1) is 0 Å². The largest absolute Gasteiger partial charge is 0.321 e. The summed E-state index contributed by atoms with van der Waals surface area (Å²) in [5, 5.41) is 3.20. The van der Waals surface area contributed by atoms with Gasteiger partial charge < -0.3 is 5.32 Å². The first-order valence-electron chi connectivity index (χ1n) is 7.18. The molecule has 0 atom stereocenters. The van der Waals surface area contributed by atoms with Crippen LogP contribution in [0.5, 0.6) is 0 Å². The fraction of sp³-hybridized carbons (Fsp3) is 0.118. The van der Waals surface area contributed by atoms with Crippen LogP contribution in [0.4, 0.5) is 11.4 Å². The molecule has 2 aromatic rings. The average molecular weight is 455 g/mol. The summed E-state index contributed by atoms with van der Waals surface area (Å²) in [5.41, 5.74) is 1.41. The van der Waals surface area contributed by atoms with E-state index in [2.05, 4.69) is 27.9 Å². The van der Waals surface area contributed by atoms with Crippen LogP contribution in [0, 0.1) is 3.57 Å². The average Bonchev–Trinajstić information content (AvgIpc) is 2.89. The number of anilines is 2. The first-order chi connectivity index (χ1) is 11.5. The molecule has 7 heteroatoms. The van der Waals surface area contributed by atoms with Crippen LogP contribution in [0.2, 0.25) is 5.02 Å². The maximum atomic E-state index is 12.3. The van der Waals surface area contributed by atoms with E-state index >= 15 is 0 Å². The van der Waals surface area contributed by atoms with Crippen LogP contribution in [0.25, 0.3) is 0 Å². The summed E-state index contributed by atoms with van der Waals surface area (Å²) < 4.78 is 0.972. The lowest BCUT2D eigenvalue weighted by Gasteiger charge is -2.14. The first-order valence-corrected chi connectivity index (χ1v) is 8.63. The van der Waals surface area contributed by atoms with E-state index in [1.165, 1.54) is 0 Å². The number of rotatable bonds is 3. The SMILES string of the molecule is O=C(Nc1ccc(I)cc1Cl)c1ccc(N2C(=O)CCC2=O)cc1. The minimum Gasteiger partial charge on any atom is -0.321 e. The van der Waals surface area contributed by atoms with E-state index in [1.54, 1.807) is 36.4 Å². The van der Waals surface area contributed by atoms with E-state index in [9.17, 15) is 14.4 Å². The van der Waals surface area contributed by atoms with E-state index in [1.807, 2.05) is 6.07 Å². The highest BCUT2D eigenvalue weighted by Crippen LogP contribution is 2.26. The molecule has 1 aliphatic heterocycles. The lowest BCUT2D eigenvalue weighted by molar-refractivity contribution is -0.121. The lowest BCUT2D eigenvalue weighted by atomic mass is 10.1. The topological polar surface area (TPSA) is 66.5 Å². The van der Waals surface area contributed by atoms with E-state index in [4.69, 9.17) is 11.6 Å². The summed E-state index contributed by atoms with van der Waals surface area (Å²) in [7, 11) is 0. The number of hydrogen-bond acceptors (Lipinski definition) is 3. The number of hydrogen-bond donors (Lipinski definition) is 1. The standard InChI is InChI=1S/C17H12ClIN2O3/c18-13-9-11(19)3-6-14(13)20-17(24)10-1-4-12(5-2-10)21-15(22)7-8-16(21)23/h1-6,9H,7-8H2,(H,20,24). The summed E-state index contributed by atoms with van der Waals surface area (Å²) in [6, 6.07) is 11.7. The molecule has 24 heavy (non-hydrogen) atoms. The minimum absolute atomic E-state index is 0.220. The van der Waals surface area contributed by atoms with E-state index < -0.39 is 0 Å². The summed E-state index contributed by atoms with van der Waals surface area (Å²) in [6.07, 6.45) is 0.457. The number of carbonyl (C=O) groups excluding carboxylic acids is 3. The number of benzene rings is 2. The fourth-order valence-corrected chi connectivity index (χ4v) is 3.31. The van der Waals surface area contributed by atoms with Crippen molar-refractivity contribution in [2.75, 3.05) is 10.2 Å². The third kappa shape index (κ3) is 3.44. The highest BCUT2D eigenvalue weighted by Gasteiger charge is 2.30. The Kier molecular flexibility index (Phi) is 4.86. The zero-order chi connectivity index (χ0) is 17.3. The molecule has 3 rings (SSSR count). The number of amides is 3. The van der Waals surface area contributed by atoms with Crippen molar-refractivity contribution < 1.29 is 14.4 Å². The molecule has 122 valence electrons. The molecule has 2 aromatic carbocycles. The molecular formula is C17H12ClIN2O3. The second-order valence-corrected chi connectivity index (χ2v) is 6.90. The predicted molar refractivity (Wildman–Crippen MR) is 100 cm³/mol. The summed E-state index contributed by atoms with van der Waals surface area (Å²) in [4.78, 5) is 36.9. The van der Waals surface area contributed by atoms with Crippen molar-refractivity contribution in [1.29, 1.82) is 0 Å². The van der Waals surface area contributed by atoms with Crippen molar-refractivity contribution in [1.82, 2.24) is 0 Å². The van der Waals surface area contributed by atoms with Gasteiger partial charge in [-0.05, 0) is 65.1 Å². The van der Waals surface area contributed by atoms with Crippen molar-refractivity contribution in [3.05, 3.63) is 56.6 Å². The lowest BCUT2D eigenvalue weighted by Crippen LogP contribution is -2.28. The Balaban J connectivity index is 1.76. The third-order valence-corrected chi connectivity index (χ3v) is 4.60. The molecule has 1 heterocycles. The second-order valence-electron chi connectivity index (χ2n) is 5.25. The third-order valence-electron chi connectivity index (χ3n) is 3.62. The van der Waals surface area contributed by atoms with Gasteiger partial charge in [-0.25, -0.2) is 0 Å². The number of nitrogens with zero attached hydrogens (tertiary/aromatic N) is 1. The quantitative estimate of drug-likeness (QED) is 0.566. The normalized spacial score (nSPS) is 14.2. The van der Waals surface area contributed by atoms with E-state index in [0.717, 1.165) is 8.47 Å². The highest BCUT2D eigenvalue weighted by molar-refractivity contribution is 14.1. The first kappa shape index (κ1) is 16.9. The van der Waals surface area contributed by atoms with Gasteiger partial charge in [-0.3, -0.25) is 19.3 Å².